The molecule has 0 aromatic heterocycles. The fourth-order valence-corrected chi connectivity index (χ4v) is 3.46. The van der Waals surface area contributed by atoms with Crippen molar-refractivity contribution in [2.45, 2.75) is 13.3 Å². The second kappa shape index (κ2) is 8.27. The summed E-state index contributed by atoms with van der Waals surface area (Å²) in [5.74, 6) is -2.76. The Morgan fingerprint density at radius 1 is 1.07 bits per heavy atom. The minimum absolute atomic E-state index is 0.0364. The Kier molecular flexibility index (Phi) is 5.79. The predicted octanol–water partition coefficient (Wildman–Crippen LogP) is 3.18. The number of rotatable bonds is 5. The van der Waals surface area contributed by atoms with Crippen molar-refractivity contribution >= 4 is 40.6 Å². The van der Waals surface area contributed by atoms with Gasteiger partial charge in [-0.05, 0) is 49.0 Å². The van der Waals surface area contributed by atoms with Gasteiger partial charge in [-0.3, -0.25) is 19.3 Å². The number of hydrogen-bond donors (Lipinski definition) is 4. The molecule has 3 amide bonds. The molecule has 1 heterocycles. The molecule has 29 heavy (non-hydrogen) atoms. The van der Waals surface area contributed by atoms with Crippen LogP contribution in [0.1, 0.15) is 17.5 Å². The third kappa shape index (κ3) is 4.52. The number of phenols is 3. The van der Waals surface area contributed by atoms with Gasteiger partial charge in [0.25, 0.3) is 11.1 Å². The monoisotopic (exact) mass is 414 g/mol. The van der Waals surface area contributed by atoms with Gasteiger partial charge in [-0.25, -0.2) is 0 Å². The quantitative estimate of drug-likeness (QED) is 0.437. The summed E-state index contributed by atoms with van der Waals surface area (Å²) in [5.41, 5.74) is 1.75. The Hall–Kier alpha value is -3.46. The number of carbonyl (C=O) groups excluding carboxylic acids is 3. The Labute approximate surface area is 170 Å². The van der Waals surface area contributed by atoms with E-state index in [0.717, 1.165) is 16.5 Å². The van der Waals surface area contributed by atoms with Crippen molar-refractivity contribution in [3.8, 4) is 17.2 Å². The van der Waals surface area contributed by atoms with Crippen LogP contribution in [-0.4, -0.2) is 43.8 Å². The summed E-state index contributed by atoms with van der Waals surface area (Å²) in [6.07, 6.45) is 1.18. The summed E-state index contributed by atoms with van der Waals surface area (Å²) in [7, 11) is 0. The van der Waals surface area contributed by atoms with Crippen LogP contribution in [0.15, 0.2) is 41.3 Å². The van der Waals surface area contributed by atoms with E-state index in [4.69, 9.17) is 0 Å². The first-order valence-corrected chi connectivity index (χ1v) is 9.43. The molecule has 0 bridgehead atoms. The van der Waals surface area contributed by atoms with Gasteiger partial charge in [0.2, 0.25) is 11.7 Å². The molecule has 0 radical (unpaired) electrons. The van der Waals surface area contributed by atoms with Gasteiger partial charge in [0.05, 0.1) is 4.91 Å². The molecule has 8 nitrogen and oxygen atoms in total. The molecule has 0 atom stereocenters. The lowest BCUT2D eigenvalue weighted by Gasteiger charge is -2.12. The molecule has 0 aliphatic carbocycles. The van der Waals surface area contributed by atoms with Crippen molar-refractivity contribution in [2.75, 3.05) is 11.9 Å². The molecule has 4 N–H and O–H groups in total. The summed E-state index contributed by atoms with van der Waals surface area (Å²) in [6, 6.07) is 9.68. The number of hydrogen-bond acceptors (Lipinski definition) is 7. The zero-order valence-corrected chi connectivity index (χ0v) is 16.2. The summed E-state index contributed by atoms with van der Waals surface area (Å²) >= 11 is 0.664. The molecule has 9 heteroatoms. The summed E-state index contributed by atoms with van der Waals surface area (Å²) in [6.45, 7) is 1.84. The number of benzene rings is 2. The third-order valence-corrected chi connectivity index (χ3v) is 5.13. The summed E-state index contributed by atoms with van der Waals surface area (Å²) in [5, 5.41) is 31.0. The molecule has 150 valence electrons. The minimum atomic E-state index is -0.717. The number of carbonyl (C=O) groups is 3. The highest BCUT2D eigenvalue weighted by atomic mass is 32.2. The zero-order valence-electron chi connectivity index (χ0n) is 15.4. The van der Waals surface area contributed by atoms with Gasteiger partial charge < -0.3 is 20.6 Å². The van der Waals surface area contributed by atoms with E-state index >= 15 is 0 Å². The van der Waals surface area contributed by atoms with Crippen LogP contribution in [0, 0.1) is 6.92 Å². The van der Waals surface area contributed by atoms with Crippen molar-refractivity contribution in [3.63, 3.8) is 0 Å². The predicted molar refractivity (Wildman–Crippen MR) is 109 cm³/mol. The highest BCUT2D eigenvalue weighted by Crippen LogP contribution is 2.40. The van der Waals surface area contributed by atoms with Gasteiger partial charge >= 0.3 is 0 Å². The van der Waals surface area contributed by atoms with E-state index < -0.39 is 28.4 Å². The maximum Gasteiger partial charge on any atom is 0.293 e. The largest absolute Gasteiger partial charge is 0.504 e. The third-order valence-electron chi connectivity index (χ3n) is 4.22. The number of nitrogens with zero attached hydrogens (tertiary/aromatic N) is 1. The molecule has 2 aromatic carbocycles. The molecule has 0 saturated carbocycles. The molecule has 3 rings (SSSR count). The molecule has 1 saturated heterocycles. The molecule has 0 spiro atoms. The Balaban J connectivity index is 1.65. The van der Waals surface area contributed by atoms with E-state index in [-0.39, 0.29) is 29.3 Å². The SMILES string of the molecule is Cc1ccc(NC(=O)CCN2C(=O)S/C(=C\c3ccc(O)c(O)c3O)C2=O)cc1. The van der Waals surface area contributed by atoms with Crippen LogP contribution < -0.4 is 5.32 Å². The lowest BCUT2D eigenvalue weighted by atomic mass is 10.1. The molecule has 2 aromatic rings. The average molecular weight is 414 g/mol. The Morgan fingerprint density at radius 2 is 1.76 bits per heavy atom. The van der Waals surface area contributed by atoms with E-state index in [2.05, 4.69) is 5.32 Å². The van der Waals surface area contributed by atoms with Gasteiger partial charge in [0.1, 0.15) is 0 Å². The van der Waals surface area contributed by atoms with Crippen LogP contribution in [0.4, 0.5) is 10.5 Å². The summed E-state index contributed by atoms with van der Waals surface area (Å²) < 4.78 is 0. The number of anilines is 1. The van der Waals surface area contributed by atoms with Crippen LogP contribution in [0.2, 0.25) is 0 Å². The molecule has 1 fully saturated rings. The number of thioether (sulfide) groups is 1. The van der Waals surface area contributed by atoms with E-state index in [0.29, 0.717) is 17.4 Å². The maximum atomic E-state index is 12.5. The normalized spacial score (nSPS) is 15.2. The zero-order chi connectivity index (χ0) is 21.1. The molecule has 0 unspecified atom stereocenters. The van der Waals surface area contributed by atoms with E-state index in [1.807, 2.05) is 19.1 Å². The van der Waals surface area contributed by atoms with Crippen LogP contribution >= 0.6 is 11.8 Å². The standard InChI is InChI=1S/C20H18N2O6S/c1-11-2-5-13(6-3-11)21-16(24)8-9-22-19(27)15(29-20(22)28)10-12-4-7-14(23)18(26)17(12)25/h2-7,10,23,25-26H,8-9H2,1H3,(H,21,24)/b15-10-. The van der Waals surface area contributed by atoms with Gasteiger partial charge in [0.15, 0.2) is 11.5 Å². The Bertz CT molecular complexity index is 1020. The molecular weight excluding hydrogens is 396 g/mol. The van der Waals surface area contributed by atoms with Crippen LogP contribution in [0.25, 0.3) is 6.08 Å². The fraction of sp³-hybridized carbons (Fsp3) is 0.150. The van der Waals surface area contributed by atoms with Crippen LogP contribution in [0.3, 0.4) is 0 Å². The molecule has 1 aliphatic heterocycles. The fourth-order valence-electron chi connectivity index (χ4n) is 2.61. The van der Waals surface area contributed by atoms with E-state index in [1.54, 1.807) is 12.1 Å². The minimum Gasteiger partial charge on any atom is -0.504 e. The van der Waals surface area contributed by atoms with Crippen LogP contribution in [0.5, 0.6) is 17.2 Å². The first-order chi connectivity index (χ1) is 13.8. The maximum absolute atomic E-state index is 12.5. The number of amides is 3. The van der Waals surface area contributed by atoms with Gasteiger partial charge in [-0.2, -0.15) is 0 Å². The van der Waals surface area contributed by atoms with Gasteiger partial charge in [-0.15, -0.1) is 0 Å². The smallest absolute Gasteiger partial charge is 0.293 e. The second-order valence-corrected chi connectivity index (χ2v) is 7.36. The van der Waals surface area contributed by atoms with E-state index in [9.17, 15) is 29.7 Å². The first kappa shape index (κ1) is 20.3. The van der Waals surface area contributed by atoms with Crippen molar-refractivity contribution in [2.24, 2.45) is 0 Å². The first-order valence-electron chi connectivity index (χ1n) is 8.62. The number of phenolic OH excluding ortho intramolecular Hbond substituents is 3. The number of imide groups is 1. The van der Waals surface area contributed by atoms with Crippen molar-refractivity contribution in [3.05, 3.63) is 52.4 Å². The van der Waals surface area contributed by atoms with Crippen LogP contribution in [-0.2, 0) is 9.59 Å². The van der Waals surface area contributed by atoms with Crippen molar-refractivity contribution in [1.29, 1.82) is 0 Å². The lowest BCUT2D eigenvalue weighted by molar-refractivity contribution is -0.123. The lowest BCUT2D eigenvalue weighted by Crippen LogP contribution is -2.31. The van der Waals surface area contributed by atoms with E-state index in [1.165, 1.54) is 12.1 Å². The highest BCUT2D eigenvalue weighted by Gasteiger charge is 2.35. The number of aromatic hydroxyl groups is 3. The summed E-state index contributed by atoms with van der Waals surface area (Å²) in [4.78, 5) is 37.7. The highest BCUT2D eigenvalue weighted by molar-refractivity contribution is 8.18. The average Bonchev–Trinajstić information content (AvgIpc) is 2.95. The van der Waals surface area contributed by atoms with Gasteiger partial charge in [0, 0.05) is 24.2 Å². The topological polar surface area (TPSA) is 127 Å². The number of nitrogens with one attached hydrogen (secondary N) is 1. The van der Waals surface area contributed by atoms with Crippen molar-refractivity contribution < 1.29 is 29.7 Å². The van der Waals surface area contributed by atoms with Gasteiger partial charge in [-0.1, -0.05) is 17.7 Å². The van der Waals surface area contributed by atoms with Crippen molar-refractivity contribution in [1.82, 2.24) is 4.90 Å². The Morgan fingerprint density at radius 3 is 2.45 bits per heavy atom. The molecular formula is C20H18N2O6S. The molecule has 1 aliphatic rings. The second-order valence-electron chi connectivity index (χ2n) is 6.37. The number of aryl methyl sites for hydroxylation is 1.